The number of halogens is 1. The fourth-order valence-corrected chi connectivity index (χ4v) is 3.39. The SMILES string of the molecule is Clc1ccccc1CNc1cc(N2CCCc3ccccc32)ncn1. The van der Waals surface area contributed by atoms with Crippen LogP contribution in [-0.4, -0.2) is 16.5 Å². The zero-order chi connectivity index (χ0) is 17.1. The van der Waals surface area contributed by atoms with Gasteiger partial charge in [-0.3, -0.25) is 0 Å². The molecule has 0 spiro atoms. The summed E-state index contributed by atoms with van der Waals surface area (Å²) in [5.74, 6) is 1.72. The van der Waals surface area contributed by atoms with Crippen LogP contribution in [0, 0.1) is 0 Å². The first-order chi connectivity index (χ1) is 12.3. The molecule has 1 aliphatic rings. The van der Waals surface area contributed by atoms with Crippen LogP contribution < -0.4 is 10.2 Å². The van der Waals surface area contributed by atoms with Crippen LogP contribution in [0.15, 0.2) is 60.9 Å². The van der Waals surface area contributed by atoms with E-state index in [2.05, 4.69) is 44.5 Å². The second-order valence-electron chi connectivity index (χ2n) is 6.09. The van der Waals surface area contributed by atoms with Gasteiger partial charge in [-0.1, -0.05) is 48.0 Å². The third-order valence-electron chi connectivity index (χ3n) is 4.46. The second-order valence-corrected chi connectivity index (χ2v) is 6.50. The van der Waals surface area contributed by atoms with Gasteiger partial charge in [0.05, 0.1) is 0 Å². The van der Waals surface area contributed by atoms with Crippen molar-refractivity contribution in [2.24, 2.45) is 0 Å². The second kappa shape index (κ2) is 7.11. The third kappa shape index (κ3) is 3.44. The first kappa shape index (κ1) is 15.9. The van der Waals surface area contributed by atoms with Gasteiger partial charge in [0, 0.05) is 29.9 Å². The fraction of sp³-hybridized carbons (Fsp3) is 0.200. The Morgan fingerprint density at radius 3 is 2.80 bits per heavy atom. The van der Waals surface area contributed by atoms with Gasteiger partial charge in [0.25, 0.3) is 0 Å². The number of rotatable bonds is 4. The van der Waals surface area contributed by atoms with Crippen LogP contribution in [0.3, 0.4) is 0 Å². The Balaban J connectivity index is 1.55. The summed E-state index contributed by atoms with van der Waals surface area (Å²) in [5, 5.41) is 4.10. The molecule has 0 amide bonds. The van der Waals surface area contributed by atoms with E-state index in [1.54, 1.807) is 6.33 Å². The highest BCUT2D eigenvalue weighted by molar-refractivity contribution is 6.31. The highest BCUT2D eigenvalue weighted by Gasteiger charge is 2.19. The lowest BCUT2D eigenvalue weighted by molar-refractivity contribution is 0.758. The highest BCUT2D eigenvalue weighted by atomic mass is 35.5. The Morgan fingerprint density at radius 1 is 1.04 bits per heavy atom. The molecule has 1 N–H and O–H groups in total. The van der Waals surface area contributed by atoms with E-state index in [9.17, 15) is 0 Å². The van der Waals surface area contributed by atoms with E-state index in [0.717, 1.165) is 41.6 Å². The summed E-state index contributed by atoms with van der Waals surface area (Å²) in [6, 6.07) is 18.4. The molecule has 0 unspecified atom stereocenters. The Bertz CT molecular complexity index is 881. The largest absolute Gasteiger partial charge is 0.366 e. The summed E-state index contributed by atoms with van der Waals surface area (Å²) in [4.78, 5) is 11.1. The average Bonchev–Trinajstić information content (AvgIpc) is 2.67. The van der Waals surface area contributed by atoms with Gasteiger partial charge in [-0.15, -0.1) is 0 Å². The predicted molar refractivity (Wildman–Crippen MR) is 103 cm³/mol. The molecule has 0 fully saturated rings. The highest BCUT2D eigenvalue weighted by Crippen LogP contribution is 2.32. The number of anilines is 3. The van der Waals surface area contributed by atoms with Gasteiger partial charge in [0.1, 0.15) is 18.0 Å². The quantitative estimate of drug-likeness (QED) is 0.732. The van der Waals surface area contributed by atoms with Crippen molar-refractivity contribution in [3.63, 3.8) is 0 Å². The standard InChI is InChI=1S/C20H19ClN4/c21-17-9-3-1-7-16(17)13-22-19-12-20(24-14-23-19)25-11-5-8-15-6-2-4-10-18(15)25/h1-4,6-7,9-10,12,14H,5,8,11,13H2,(H,22,23,24). The molecule has 0 saturated carbocycles. The number of nitrogens with one attached hydrogen (secondary N) is 1. The molecule has 4 rings (SSSR count). The molecule has 0 aliphatic carbocycles. The van der Waals surface area contributed by atoms with Crippen molar-refractivity contribution in [3.05, 3.63) is 77.1 Å². The predicted octanol–water partition coefficient (Wildman–Crippen LogP) is 4.83. The van der Waals surface area contributed by atoms with E-state index in [0.29, 0.717) is 6.54 Å². The lowest BCUT2D eigenvalue weighted by atomic mass is 10.0. The smallest absolute Gasteiger partial charge is 0.138 e. The maximum absolute atomic E-state index is 6.22. The lowest BCUT2D eigenvalue weighted by Gasteiger charge is -2.30. The molecule has 0 saturated heterocycles. The summed E-state index contributed by atoms with van der Waals surface area (Å²) in [7, 11) is 0. The Kier molecular flexibility index (Phi) is 4.53. The first-order valence-electron chi connectivity index (χ1n) is 8.46. The third-order valence-corrected chi connectivity index (χ3v) is 4.83. The molecule has 0 radical (unpaired) electrons. The van der Waals surface area contributed by atoms with Crippen LogP contribution in [-0.2, 0) is 13.0 Å². The molecule has 1 aromatic heterocycles. The van der Waals surface area contributed by atoms with Crippen LogP contribution in [0.1, 0.15) is 17.5 Å². The topological polar surface area (TPSA) is 41.0 Å². The molecule has 2 heterocycles. The molecular formula is C20H19ClN4. The number of aromatic nitrogens is 2. The lowest BCUT2D eigenvalue weighted by Crippen LogP contribution is -2.25. The first-order valence-corrected chi connectivity index (χ1v) is 8.84. The van der Waals surface area contributed by atoms with Crippen molar-refractivity contribution in [2.45, 2.75) is 19.4 Å². The number of benzene rings is 2. The molecule has 4 nitrogen and oxygen atoms in total. The average molecular weight is 351 g/mol. The van der Waals surface area contributed by atoms with Gasteiger partial charge in [-0.2, -0.15) is 0 Å². The van der Waals surface area contributed by atoms with E-state index >= 15 is 0 Å². The molecule has 2 aromatic carbocycles. The van der Waals surface area contributed by atoms with Crippen LogP contribution in [0.2, 0.25) is 5.02 Å². The molecular weight excluding hydrogens is 332 g/mol. The number of hydrogen-bond acceptors (Lipinski definition) is 4. The molecule has 126 valence electrons. The molecule has 3 aromatic rings. The molecule has 0 atom stereocenters. The number of para-hydroxylation sites is 1. The van der Waals surface area contributed by atoms with Crippen molar-refractivity contribution in [3.8, 4) is 0 Å². The van der Waals surface area contributed by atoms with E-state index in [4.69, 9.17) is 11.6 Å². The van der Waals surface area contributed by atoms with Crippen molar-refractivity contribution in [1.82, 2.24) is 9.97 Å². The molecule has 1 aliphatic heterocycles. The maximum atomic E-state index is 6.22. The Labute approximate surface area is 152 Å². The zero-order valence-electron chi connectivity index (χ0n) is 13.8. The minimum Gasteiger partial charge on any atom is -0.366 e. The summed E-state index contributed by atoms with van der Waals surface area (Å²) < 4.78 is 0. The molecule has 0 bridgehead atoms. The van der Waals surface area contributed by atoms with Crippen molar-refractivity contribution in [2.75, 3.05) is 16.8 Å². The van der Waals surface area contributed by atoms with Crippen molar-refractivity contribution >= 4 is 28.9 Å². The Morgan fingerprint density at radius 2 is 1.88 bits per heavy atom. The monoisotopic (exact) mass is 350 g/mol. The fourth-order valence-electron chi connectivity index (χ4n) is 3.19. The van der Waals surface area contributed by atoms with Gasteiger partial charge in [0.2, 0.25) is 0 Å². The summed E-state index contributed by atoms with van der Waals surface area (Å²) in [6.07, 6.45) is 3.86. The summed E-state index contributed by atoms with van der Waals surface area (Å²) in [5.41, 5.74) is 3.66. The number of aryl methyl sites for hydroxylation is 1. The van der Waals surface area contributed by atoms with Gasteiger partial charge in [-0.05, 0) is 36.1 Å². The van der Waals surface area contributed by atoms with Crippen LogP contribution >= 0.6 is 11.6 Å². The van der Waals surface area contributed by atoms with E-state index < -0.39 is 0 Å². The number of hydrogen-bond donors (Lipinski definition) is 1. The van der Waals surface area contributed by atoms with E-state index in [1.807, 2.05) is 30.3 Å². The van der Waals surface area contributed by atoms with Crippen LogP contribution in [0.5, 0.6) is 0 Å². The number of fused-ring (bicyclic) bond motifs is 1. The normalized spacial score (nSPS) is 13.4. The van der Waals surface area contributed by atoms with Gasteiger partial charge >= 0.3 is 0 Å². The molecule has 5 heteroatoms. The maximum Gasteiger partial charge on any atom is 0.138 e. The minimum atomic E-state index is 0.632. The van der Waals surface area contributed by atoms with Crippen LogP contribution in [0.4, 0.5) is 17.3 Å². The molecule has 25 heavy (non-hydrogen) atoms. The number of nitrogens with zero attached hydrogens (tertiary/aromatic N) is 3. The summed E-state index contributed by atoms with van der Waals surface area (Å²) >= 11 is 6.22. The van der Waals surface area contributed by atoms with Crippen molar-refractivity contribution in [1.29, 1.82) is 0 Å². The Hall–Kier alpha value is -2.59. The van der Waals surface area contributed by atoms with E-state index in [1.165, 1.54) is 11.3 Å². The van der Waals surface area contributed by atoms with Gasteiger partial charge in [0.15, 0.2) is 0 Å². The van der Waals surface area contributed by atoms with Crippen LogP contribution in [0.25, 0.3) is 0 Å². The summed E-state index contributed by atoms with van der Waals surface area (Å²) in [6.45, 7) is 1.60. The minimum absolute atomic E-state index is 0.632. The zero-order valence-corrected chi connectivity index (χ0v) is 14.6. The van der Waals surface area contributed by atoms with Crippen molar-refractivity contribution < 1.29 is 0 Å². The van der Waals surface area contributed by atoms with Gasteiger partial charge < -0.3 is 10.2 Å². The van der Waals surface area contributed by atoms with Gasteiger partial charge in [-0.25, -0.2) is 9.97 Å². The van der Waals surface area contributed by atoms with E-state index in [-0.39, 0.29) is 0 Å².